The van der Waals surface area contributed by atoms with Gasteiger partial charge >= 0.3 is 11.9 Å². The molecular formula is C14H17NO6. The number of aliphatic carboxylic acids is 2. The van der Waals surface area contributed by atoms with Gasteiger partial charge < -0.3 is 19.8 Å². The van der Waals surface area contributed by atoms with Crippen molar-refractivity contribution in [3.8, 4) is 5.75 Å². The predicted molar refractivity (Wildman–Crippen MR) is 75.1 cm³/mol. The van der Waals surface area contributed by atoms with Gasteiger partial charge in [-0.05, 0) is 32.0 Å². The van der Waals surface area contributed by atoms with Crippen LogP contribution in [0.1, 0.15) is 24.2 Å². The molecule has 0 bridgehead atoms. The van der Waals surface area contributed by atoms with E-state index in [4.69, 9.17) is 9.84 Å². The van der Waals surface area contributed by atoms with Gasteiger partial charge in [0, 0.05) is 5.56 Å². The summed E-state index contributed by atoms with van der Waals surface area (Å²) in [5.41, 5.74) is -0.966. The Morgan fingerprint density at radius 3 is 2.38 bits per heavy atom. The van der Waals surface area contributed by atoms with Gasteiger partial charge in [0.05, 0.1) is 12.8 Å². The van der Waals surface area contributed by atoms with Crippen LogP contribution in [-0.2, 0) is 9.59 Å². The van der Waals surface area contributed by atoms with Gasteiger partial charge in [0.15, 0.2) is 0 Å². The number of nitrogens with zero attached hydrogens (tertiary/aromatic N) is 1. The van der Waals surface area contributed by atoms with E-state index in [-0.39, 0.29) is 11.4 Å². The summed E-state index contributed by atoms with van der Waals surface area (Å²) in [5, 5.41) is 18.4. The lowest BCUT2D eigenvalue weighted by Gasteiger charge is -2.36. The van der Waals surface area contributed by atoms with Crippen LogP contribution in [0.3, 0.4) is 0 Å². The third kappa shape index (κ3) is 3.50. The third-order valence-electron chi connectivity index (χ3n) is 3.12. The van der Waals surface area contributed by atoms with Crippen LogP contribution in [-0.4, -0.2) is 47.6 Å². The fourth-order valence-electron chi connectivity index (χ4n) is 1.83. The van der Waals surface area contributed by atoms with Gasteiger partial charge in [-0.15, -0.1) is 0 Å². The van der Waals surface area contributed by atoms with Gasteiger partial charge in [-0.25, -0.2) is 4.79 Å². The van der Waals surface area contributed by atoms with Crippen LogP contribution < -0.4 is 9.64 Å². The van der Waals surface area contributed by atoms with Crippen molar-refractivity contribution in [3.05, 3.63) is 23.8 Å². The summed E-state index contributed by atoms with van der Waals surface area (Å²) in [7, 11) is 1.38. The van der Waals surface area contributed by atoms with Crippen LogP contribution in [0.5, 0.6) is 5.75 Å². The van der Waals surface area contributed by atoms with Gasteiger partial charge in [0.1, 0.15) is 24.1 Å². The minimum Gasteiger partial charge on any atom is -0.495 e. The number of aldehydes is 1. The zero-order chi connectivity index (χ0) is 16.2. The fraction of sp³-hybridized carbons (Fsp3) is 0.357. The van der Waals surface area contributed by atoms with Gasteiger partial charge in [0.2, 0.25) is 0 Å². The second-order valence-corrected chi connectivity index (χ2v) is 4.89. The van der Waals surface area contributed by atoms with Crippen molar-refractivity contribution >= 4 is 23.9 Å². The van der Waals surface area contributed by atoms with E-state index in [1.165, 1.54) is 44.1 Å². The molecule has 0 saturated carbocycles. The van der Waals surface area contributed by atoms with E-state index in [0.29, 0.717) is 11.8 Å². The number of hydrogen-bond donors (Lipinski definition) is 2. The Bertz CT molecular complexity index is 567. The summed E-state index contributed by atoms with van der Waals surface area (Å²) in [5.74, 6) is -2.10. The number of rotatable bonds is 7. The second kappa shape index (κ2) is 6.25. The largest absolute Gasteiger partial charge is 0.495 e. The number of anilines is 1. The maximum Gasteiger partial charge on any atom is 0.328 e. The maximum atomic E-state index is 11.4. The molecule has 0 heterocycles. The lowest BCUT2D eigenvalue weighted by Crippen LogP contribution is -2.52. The Morgan fingerprint density at radius 1 is 1.33 bits per heavy atom. The van der Waals surface area contributed by atoms with Crippen molar-refractivity contribution in [3.63, 3.8) is 0 Å². The van der Waals surface area contributed by atoms with Gasteiger partial charge in [-0.1, -0.05) is 0 Å². The Morgan fingerprint density at radius 2 is 1.95 bits per heavy atom. The van der Waals surface area contributed by atoms with Crippen LogP contribution in [0.15, 0.2) is 18.2 Å². The highest BCUT2D eigenvalue weighted by Gasteiger charge is 2.37. The molecule has 1 aromatic carbocycles. The Balaban J connectivity index is 3.48. The van der Waals surface area contributed by atoms with Crippen molar-refractivity contribution in [2.24, 2.45) is 0 Å². The molecule has 7 heteroatoms. The minimum absolute atomic E-state index is 0.233. The maximum absolute atomic E-state index is 11.4. The van der Waals surface area contributed by atoms with Gasteiger partial charge in [-0.3, -0.25) is 9.59 Å². The molecule has 0 amide bonds. The average Bonchev–Trinajstić information content (AvgIpc) is 2.43. The first-order chi connectivity index (χ1) is 9.73. The molecule has 1 rings (SSSR count). The first-order valence-electron chi connectivity index (χ1n) is 6.10. The zero-order valence-corrected chi connectivity index (χ0v) is 12.0. The predicted octanol–water partition coefficient (Wildman–Crippen LogP) is 1.26. The third-order valence-corrected chi connectivity index (χ3v) is 3.12. The normalized spacial score (nSPS) is 10.8. The molecule has 0 radical (unpaired) electrons. The molecule has 0 aliphatic carbocycles. The Kier molecular flexibility index (Phi) is 4.91. The van der Waals surface area contributed by atoms with E-state index in [1.807, 2.05) is 0 Å². The number of ether oxygens (including phenoxy) is 1. The first kappa shape index (κ1) is 16.5. The van der Waals surface area contributed by atoms with Crippen molar-refractivity contribution in [1.82, 2.24) is 0 Å². The van der Waals surface area contributed by atoms with Crippen LogP contribution in [0.4, 0.5) is 5.69 Å². The number of hydrogen-bond acceptors (Lipinski definition) is 5. The molecule has 21 heavy (non-hydrogen) atoms. The van der Waals surface area contributed by atoms with Gasteiger partial charge in [-0.2, -0.15) is 0 Å². The number of methoxy groups -OCH3 is 1. The molecule has 114 valence electrons. The highest BCUT2D eigenvalue weighted by atomic mass is 16.5. The number of carbonyl (C=O) groups excluding carboxylic acids is 1. The molecule has 0 fully saturated rings. The second-order valence-electron chi connectivity index (χ2n) is 4.89. The molecule has 1 aromatic rings. The SMILES string of the molecule is COc1ccc(C=O)cc1N(CC(=O)O)C(C)(C)C(=O)O. The summed E-state index contributed by atoms with van der Waals surface area (Å²) in [6, 6.07) is 4.40. The molecule has 0 aromatic heterocycles. The summed E-state index contributed by atoms with van der Waals surface area (Å²) < 4.78 is 5.14. The van der Waals surface area contributed by atoms with Crippen LogP contribution in [0, 0.1) is 0 Å². The molecule has 0 atom stereocenters. The lowest BCUT2D eigenvalue weighted by atomic mass is 10.0. The molecule has 0 aliphatic heterocycles. The van der Waals surface area contributed by atoms with Crippen molar-refractivity contribution in [2.45, 2.75) is 19.4 Å². The quantitative estimate of drug-likeness (QED) is 0.730. The topological polar surface area (TPSA) is 104 Å². The average molecular weight is 295 g/mol. The van der Waals surface area contributed by atoms with Crippen LogP contribution >= 0.6 is 0 Å². The van der Waals surface area contributed by atoms with Crippen molar-refractivity contribution in [1.29, 1.82) is 0 Å². The van der Waals surface area contributed by atoms with Crippen molar-refractivity contribution in [2.75, 3.05) is 18.6 Å². The summed E-state index contributed by atoms with van der Waals surface area (Å²) in [6.45, 7) is 2.22. The minimum atomic E-state index is -1.49. The van der Waals surface area contributed by atoms with Crippen molar-refractivity contribution < 1.29 is 29.3 Å². The first-order valence-corrected chi connectivity index (χ1v) is 6.10. The molecule has 0 saturated heterocycles. The smallest absolute Gasteiger partial charge is 0.328 e. The van der Waals surface area contributed by atoms with E-state index in [2.05, 4.69) is 0 Å². The lowest BCUT2D eigenvalue weighted by molar-refractivity contribution is -0.142. The standard InChI is InChI=1S/C14H17NO6/c1-14(2,13(19)20)15(7-12(17)18)10-6-9(8-16)4-5-11(10)21-3/h4-6,8H,7H2,1-3H3,(H,17,18)(H,19,20). The Hall–Kier alpha value is -2.57. The van der Waals surface area contributed by atoms with E-state index >= 15 is 0 Å². The van der Waals surface area contributed by atoms with Crippen LogP contribution in [0.2, 0.25) is 0 Å². The molecule has 0 spiro atoms. The summed E-state index contributed by atoms with van der Waals surface area (Å²) >= 11 is 0. The molecule has 0 unspecified atom stereocenters. The molecule has 2 N–H and O–H groups in total. The number of carbonyl (C=O) groups is 3. The van der Waals surface area contributed by atoms with E-state index in [1.54, 1.807) is 0 Å². The molecular weight excluding hydrogens is 278 g/mol. The zero-order valence-electron chi connectivity index (χ0n) is 12.0. The van der Waals surface area contributed by atoms with E-state index < -0.39 is 24.0 Å². The summed E-state index contributed by atoms with van der Waals surface area (Å²) in [4.78, 5) is 34.6. The molecule has 0 aliphatic rings. The highest BCUT2D eigenvalue weighted by Crippen LogP contribution is 2.33. The number of benzene rings is 1. The molecule has 7 nitrogen and oxygen atoms in total. The fourth-order valence-corrected chi connectivity index (χ4v) is 1.83. The summed E-state index contributed by atoms with van der Waals surface area (Å²) in [6.07, 6.45) is 0.593. The van der Waals surface area contributed by atoms with Crippen LogP contribution in [0.25, 0.3) is 0 Å². The van der Waals surface area contributed by atoms with Gasteiger partial charge in [0.25, 0.3) is 0 Å². The Labute approximate surface area is 121 Å². The number of carboxylic acid groups (broad SMARTS) is 2. The highest BCUT2D eigenvalue weighted by molar-refractivity contribution is 5.88. The van der Waals surface area contributed by atoms with E-state index in [9.17, 15) is 19.5 Å². The number of carboxylic acids is 2. The van der Waals surface area contributed by atoms with E-state index in [0.717, 1.165) is 0 Å². The monoisotopic (exact) mass is 295 g/mol.